The van der Waals surface area contributed by atoms with E-state index >= 15 is 0 Å². The molecule has 102 valence electrons. The Hall–Kier alpha value is -1.45. The fraction of sp³-hybridized carbons (Fsp3) is 0.438. The fourth-order valence-electron chi connectivity index (χ4n) is 2.30. The highest BCUT2D eigenvalue weighted by molar-refractivity contribution is 5.78. The lowest BCUT2D eigenvalue weighted by molar-refractivity contribution is 0.106. The Morgan fingerprint density at radius 3 is 2.84 bits per heavy atom. The quantitative estimate of drug-likeness (QED) is 0.863. The monoisotopic (exact) mass is 258 g/mol. The van der Waals surface area contributed by atoms with Gasteiger partial charge in [0.2, 0.25) is 0 Å². The highest BCUT2D eigenvalue weighted by atomic mass is 16.5. The molecule has 2 aromatic rings. The summed E-state index contributed by atoms with van der Waals surface area (Å²) in [6, 6.07) is 10.9. The molecule has 0 saturated carbocycles. The van der Waals surface area contributed by atoms with E-state index in [1.165, 1.54) is 10.9 Å². The summed E-state index contributed by atoms with van der Waals surface area (Å²) in [5, 5.41) is 4.57. The summed E-state index contributed by atoms with van der Waals surface area (Å²) >= 11 is 0. The molecule has 0 bridgehead atoms. The Morgan fingerprint density at radius 2 is 2.11 bits per heavy atom. The zero-order valence-corrected chi connectivity index (χ0v) is 11.9. The van der Waals surface area contributed by atoms with E-state index in [1.54, 1.807) is 7.11 Å². The minimum absolute atomic E-state index is 0.300. The average Bonchev–Trinajstić information content (AvgIpc) is 2.47. The van der Waals surface area contributed by atoms with Gasteiger partial charge < -0.3 is 10.1 Å². The van der Waals surface area contributed by atoms with E-state index in [4.69, 9.17) is 4.74 Å². The molecular weight excluding hydrogens is 236 g/mol. The zero-order valence-electron chi connectivity index (χ0n) is 11.9. The summed E-state index contributed by atoms with van der Waals surface area (Å²) in [6.07, 6.45) is 4.24. The molecule has 2 rings (SSSR count). The average molecular weight is 258 g/mol. The van der Waals surface area contributed by atoms with Crippen LogP contribution in [-0.4, -0.2) is 25.2 Å². The lowest BCUT2D eigenvalue weighted by Gasteiger charge is -2.19. The number of hydrogen-bond acceptors (Lipinski definition) is 3. The first-order valence-corrected chi connectivity index (χ1v) is 6.79. The number of rotatable bonds is 6. The second-order valence-electron chi connectivity index (χ2n) is 4.92. The molecule has 0 aliphatic carbocycles. The molecule has 0 aliphatic rings. The Balaban J connectivity index is 2.15. The Morgan fingerprint density at radius 1 is 1.26 bits per heavy atom. The first-order valence-electron chi connectivity index (χ1n) is 6.79. The maximum absolute atomic E-state index is 5.31. The molecule has 2 unspecified atom stereocenters. The Kier molecular flexibility index (Phi) is 4.88. The van der Waals surface area contributed by atoms with Crippen LogP contribution in [0.4, 0.5) is 0 Å². The van der Waals surface area contributed by atoms with Gasteiger partial charge in [-0.05, 0) is 44.5 Å². The first-order chi connectivity index (χ1) is 9.24. The number of fused-ring (bicyclic) bond motifs is 1. The molecule has 0 aliphatic heterocycles. The third kappa shape index (κ3) is 3.52. The molecule has 0 saturated heterocycles. The largest absolute Gasteiger partial charge is 0.382 e. The van der Waals surface area contributed by atoms with Gasteiger partial charge in [-0.1, -0.05) is 18.2 Å². The summed E-state index contributed by atoms with van der Waals surface area (Å²) in [6.45, 7) is 2.11. The maximum atomic E-state index is 5.31. The van der Waals surface area contributed by atoms with Crippen molar-refractivity contribution in [2.45, 2.75) is 31.9 Å². The van der Waals surface area contributed by atoms with Gasteiger partial charge in [0.25, 0.3) is 0 Å². The highest BCUT2D eigenvalue weighted by Gasteiger charge is 2.11. The van der Waals surface area contributed by atoms with Crippen molar-refractivity contribution < 1.29 is 4.74 Å². The lowest BCUT2D eigenvalue weighted by atomic mass is 9.99. The Labute approximate surface area is 115 Å². The normalized spacial score (nSPS) is 14.5. The van der Waals surface area contributed by atoms with E-state index in [0.717, 1.165) is 18.4 Å². The smallest absolute Gasteiger partial charge is 0.0705 e. The number of nitrogens with one attached hydrogen (secondary N) is 1. The van der Waals surface area contributed by atoms with Crippen LogP contribution in [0.2, 0.25) is 0 Å². The topological polar surface area (TPSA) is 34.1 Å². The number of pyridine rings is 1. The zero-order chi connectivity index (χ0) is 13.7. The number of nitrogens with zero attached hydrogens (tertiary/aromatic N) is 1. The van der Waals surface area contributed by atoms with Gasteiger partial charge in [0.05, 0.1) is 11.6 Å². The Bertz CT molecular complexity index is 527. The van der Waals surface area contributed by atoms with Crippen molar-refractivity contribution in [2.24, 2.45) is 0 Å². The second-order valence-corrected chi connectivity index (χ2v) is 4.92. The molecule has 0 spiro atoms. The molecular formula is C16H22N2O. The minimum atomic E-state index is 0.300. The van der Waals surface area contributed by atoms with Crippen LogP contribution >= 0.6 is 0 Å². The molecule has 2 atom stereocenters. The standard InChI is InChI=1S/C16H22N2O/c1-12(19-3)6-9-15(17-2)14-8-7-13-5-4-10-18-16(13)11-14/h4-5,7-8,10-12,15,17H,6,9H2,1-3H3. The van der Waals surface area contributed by atoms with E-state index in [-0.39, 0.29) is 0 Å². The molecule has 1 heterocycles. The number of aromatic nitrogens is 1. The van der Waals surface area contributed by atoms with Gasteiger partial charge in [0.1, 0.15) is 0 Å². The molecule has 3 heteroatoms. The molecule has 0 fully saturated rings. The van der Waals surface area contributed by atoms with Gasteiger partial charge in [-0.25, -0.2) is 0 Å². The van der Waals surface area contributed by atoms with Gasteiger partial charge in [0, 0.05) is 24.7 Å². The third-order valence-corrected chi connectivity index (χ3v) is 3.65. The first kappa shape index (κ1) is 14.0. The molecule has 0 radical (unpaired) electrons. The molecule has 19 heavy (non-hydrogen) atoms. The minimum Gasteiger partial charge on any atom is -0.382 e. The van der Waals surface area contributed by atoms with E-state index in [9.17, 15) is 0 Å². The maximum Gasteiger partial charge on any atom is 0.0705 e. The summed E-state index contributed by atoms with van der Waals surface area (Å²) in [5.41, 5.74) is 2.34. The van der Waals surface area contributed by atoms with Gasteiger partial charge in [-0.2, -0.15) is 0 Å². The SMILES string of the molecule is CNC(CCC(C)OC)c1ccc2cccnc2c1. The summed E-state index contributed by atoms with van der Waals surface area (Å²) in [5.74, 6) is 0. The van der Waals surface area contributed by atoms with Crippen molar-refractivity contribution in [1.29, 1.82) is 0 Å². The van der Waals surface area contributed by atoms with Gasteiger partial charge in [0.15, 0.2) is 0 Å². The van der Waals surface area contributed by atoms with Crippen molar-refractivity contribution in [1.82, 2.24) is 10.3 Å². The van der Waals surface area contributed by atoms with Crippen LogP contribution in [0.5, 0.6) is 0 Å². The van der Waals surface area contributed by atoms with Crippen molar-refractivity contribution in [3.8, 4) is 0 Å². The van der Waals surface area contributed by atoms with E-state index in [0.29, 0.717) is 12.1 Å². The number of ether oxygens (including phenoxy) is 1. The molecule has 0 amide bonds. The molecule has 1 N–H and O–H groups in total. The molecule has 1 aromatic heterocycles. The third-order valence-electron chi connectivity index (χ3n) is 3.65. The van der Waals surface area contributed by atoms with Crippen LogP contribution in [0.15, 0.2) is 36.5 Å². The van der Waals surface area contributed by atoms with Crippen LogP contribution in [0.3, 0.4) is 0 Å². The lowest BCUT2D eigenvalue weighted by Crippen LogP contribution is -2.18. The van der Waals surface area contributed by atoms with E-state index in [1.807, 2.05) is 19.3 Å². The predicted octanol–water partition coefficient (Wildman–Crippen LogP) is 3.31. The fourth-order valence-corrected chi connectivity index (χ4v) is 2.30. The van der Waals surface area contributed by atoms with E-state index < -0.39 is 0 Å². The second kappa shape index (κ2) is 6.64. The molecule has 1 aromatic carbocycles. The van der Waals surface area contributed by atoms with Gasteiger partial charge in [-0.3, -0.25) is 4.98 Å². The van der Waals surface area contributed by atoms with Crippen LogP contribution in [0.25, 0.3) is 10.9 Å². The van der Waals surface area contributed by atoms with Crippen LogP contribution in [0, 0.1) is 0 Å². The van der Waals surface area contributed by atoms with Crippen LogP contribution in [-0.2, 0) is 4.74 Å². The molecule has 3 nitrogen and oxygen atoms in total. The van der Waals surface area contributed by atoms with Crippen molar-refractivity contribution >= 4 is 10.9 Å². The van der Waals surface area contributed by atoms with E-state index in [2.05, 4.69) is 41.5 Å². The van der Waals surface area contributed by atoms with Crippen LogP contribution in [0.1, 0.15) is 31.4 Å². The van der Waals surface area contributed by atoms with Gasteiger partial charge in [-0.15, -0.1) is 0 Å². The van der Waals surface area contributed by atoms with Crippen molar-refractivity contribution in [3.63, 3.8) is 0 Å². The number of hydrogen-bond donors (Lipinski definition) is 1. The summed E-state index contributed by atoms with van der Waals surface area (Å²) in [4.78, 5) is 4.42. The summed E-state index contributed by atoms with van der Waals surface area (Å²) in [7, 11) is 3.77. The van der Waals surface area contributed by atoms with Crippen LogP contribution < -0.4 is 5.32 Å². The highest BCUT2D eigenvalue weighted by Crippen LogP contribution is 2.23. The van der Waals surface area contributed by atoms with Crippen molar-refractivity contribution in [3.05, 3.63) is 42.1 Å². The number of benzene rings is 1. The van der Waals surface area contributed by atoms with Gasteiger partial charge >= 0.3 is 0 Å². The summed E-state index contributed by atoms with van der Waals surface area (Å²) < 4.78 is 5.31. The predicted molar refractivity (Wildman–Crippen MR) is 79.2 cm³/mol. The number of methoxy groups -OCH3 is 1. The van der Waals surface area contributed by atoms with Crippen molar-refractivity contribution in [2.75, 3.05) is 14.2 Å².